The fourth-order valence-electron chi connectivity index (χ4n) is 1.88. The first-order valence-corrected chi connectivity index (χ1v) is 5.74. The summed E-state index contributed by atoms with van der Waals surface area (Å²) in [5.41, 5.74) is 1.86. The molecule has 0 aliphatic rings. The van der Waals surface area contributed by atoms with Crippen molar-refractivity contribution in [3.05, 3.63) is 53.6 Å². The van der Waals surface area contributed by atoms with Crippen LogP contribution in [-0.2, 0) is 6.18 Å². The largest absolute Gasteiger partial charge is 0.496 e. The molecule has 0 saturated heterocycles. The minimum absolute atomic E-state index is 0.651. The Hall–Kier alpha value is -1.97. The molecule has 1 nitrogen and oxygen atoms in total. The lowest BCUT2D eigenvalue weighted by Crippen LogP contribution is -2.04. The highest BCUT2D eigenvalue weighted by Gasteiger charge is 2.30. The molecule has 100 valence electrons. The SMILES string of the molecule is COc1cc(C)ccc1-c1ccc(C(F)(F)F)cc1. The number of ether oxygens (including phenoxy) is 1. The molecule has 0 fully saturated rings. The Balaban J connectivity index is 2.43. The van der Waals surface area contributed by atoms with E-state index in [4.69, 9.17) is 4.74 Å². The summed E-state index contributed by atoms with van der Waals surface area (Å²) in [5, 5.41) is 0. The molecular weight excluding hydrogens is 253 g/mol. The molecule has 0 N–H and O–H groups in total. The molecule has 0 aliphatic carbocycles. The molecule has 0 aliphatic heterocycles. The van der Waals surface area contributed by atoms with E-state index in [1.54, 1.807) is 7.11 Å². The van der Waals surface area contributed by atoms with Gasteiger partial charge in [-0.05, 0) is 36.2 Å². The lowest BCUT2D eigenvalue weighted by Gasteiger charge is -2.11. The highest BCUT2D eigenvalue weighted by atomic mass is 19.4. The van der Waals surface area contributed by atoms with Gasteiger partial charge in [0.05, 0.1) is 12.7 Å². The van der Waals surface area contributed by atoms with Gasteiger partial charge in [-0.3, -0.25) is 0 Å². The maximum atomic E-state index is 12.5. The molecular formula is C15H13F3O. The number of halogens is 3. The van der Waals surface area contributed by atoms with Crippen molar-refractivity contribution in [2.24, 2.45) is 0 Å². The van der Waals surface area contributed by atoms with E-state index in [-0.39, 0.29) is 0 Å². The van der Waals surface area contributed by atoms with Crippen LogP contribution in [0.5, 0.6) is 5.75 Å². The second kappa shape index (κ2) is 4.96. The molecule has 0 atom stereocenters. The summed E-state index contributed by atoms with van der Waals surface area (Å²) in [4.78, 5) is 0. The number of rotatable bonds is 2. The summed E-state index contributed by atoms with van der Waals surface area (Å²) < 4.78 is 42.7. The van der Waals surface area contributed by atoms with Crippen molar-refractivity contribution in [3.8, 4) is 16.9 Å². The molecule has 0 aromatic heterocycles. The van der Waals surface area contributed by atoms with E-state index in [1.165, 1.54) is 12.1 Å². The van der Waals surface area contributed by atoms with Gasteiger partial charge in [0.2, 0.25) is 0 Å². The van der Waals surface area contributed by atoms with Crippen molar-refractivity contribution in [2.75, 3.05) is 7.11 Å². The van der Waals surface area contributed by atoms with Gasteiger partial charge in [0.25, 0.3) is 0 Å². The molecule has 19 heavy (non-hydrogen) atoms. The Kier molecular flexibility index (Phi) is 3.51. The summed E-state index contributed by atoms with van der Waals surface area (Å²) in [6, 6.07) is 10.7. The standard InChI is InChI=1S/C15H13F3O/c1-10-3-8-13(14(9-10)19-2)11-4-6-12(7-5-11)15(16,17)18/h3-9H,1-2H3. The lowest BCUT2D eigenvalue weighted by molar-refractivity contribution is -0.137. The summed E-state index contributed by atoms with van der Waals surface area (Å²) in [5.74, 6) is 0.653. The molecule has 0 saturated carbocycles. The average Bonchev–Trinajstić information content (AvgIpc) is 2.37. The van der Waals surface area contributed by atoms with Crippen LogP contribution in [0.4, 0.5) is 13.2 Å². The van der Waals surface area contributed by atoms with Gasteiger partial charge in [0.15, 0.2) is 0 Å². The van der Waals surface area contributed by atoms with Crippen LogP contribution in [0.1, 0.15) is 11.1 Å². The van der Waals surface area contributed by atoms with Gasteiger partial charge in [0.1, 0.15) is 5.75 Å². The van der Waals surface area contributed by atoms with Crippen LogP contribution in [0.25, 0.3) is 11.1 Å². The summed E-state index contributed by atoms with van der Waals surface area (Å²) >= 11 is 0. The monoisotopic (exact) mass is 266 g/mol. The third kappa shape index (κ3) is 2.89. The van der Waals surface area contributed by atoms with Crippen LogP contribution in [-0.4, -0.2) is 7.11 Å². The van der Waals surface area contributed by atoms with Crippen molar-refractivity contribution in [2.45, 2.75) is 13.1 Å². The highest BCUT2D eigenvalue weighted by Crippen LogP contribution is 2.34. The van der Waals surface area contributed by atoms with Crippen LogP contribution in [0, 0.1) is 6.92 Å². The van der Waals surface area contributed by atoms with Crippen LogP contribution < -0.4 is 4.74 Å². The first-order valence-electron chi connectivity index (χ1n) is 5.74. The molecule has 0 amide bonds. The van der Waals surface area contributed by atoms with Crippen molar-refractivity contribution >= 4 is 0 Å². The highest BCUT2D eigenvalue weighted by molar-refractivity contribution is 5.71. The summed E-state index contributed by atoms with van der Waals surface area (Å²) in [6.07, 6.45) is -4.31. The molecule has 0 spiro atoms. The molecule has 2 aromatic rings. The van der Waals surface area contributed by atoms with Gasteiger partial charge >= 0.3 is 6.18 Å². The maximum absolute atomic E-state index is 12.5. The fourth-order valence-corrected chi connectivity index (χ4v) is 1.88. The fraction of sp³-hybridized carbons (Fsp3) is 0.200. The van der Waals surface area contributed by atoms with Gasteiger partial charge in [-0.25, -0.2) is 0 Å². The molecule has 0 bridgehead atoms. The number of benzene rings is 2. The summed E-state index contributed by atoms with van der Waals surface area (Å²) in [7, 11) is 1.54. The normalized spacial score (nSPS) is 11.4. The number of aryl methyl sites for hydroxylation is 1. The predicted octanol–water partition coefficient (Wildman–Crippen LogP) is 4.69. The van der Waals surface area contributed by atoms with E-state index in [1.807, 2.05) is 25.1 Å². The number of hydrogen-bond acceptors (Lipinski definition) is 1. The van der Waals surface area contributed by atoms with Gasteiger partial charge < -0.3 is 4.74 Å². The van der Waals surface area contributed by atoms with E-state index in [2.05, 4.69) is 0 Å². The zero-order valence-electron chi connectivity index (χ0n) is 10.6. The van der Waals surface area contributed by atoms with Crippen molar-refractivity contribution in [1.29, 1.82) is 0 Å². The van der Waals surface area contributed by atoms with Gasteiger partial charge in [-0.15, -0.1) is 0 Å². The van der Waals surface area contributed by atoms with Gasteiger partial charge in [-0.1, -0.05) is 24.3 Å². The van der Waals surface area contributed by atoms with Gasteiger partial charge in [-0.2, -0.15) is 13.2 Å². The first-order chi connectivity index (χ1) is 8.91. The molecule has 0 unspecified atom stereocenters. The molecule has 0 heterocycles. The second-order valence-electron chi connectivity index (χ2n) is 4.28. The van der Waals surface area contributed by atoms with E-state index in [0.29, 0.717) is 11.3 Å². The minimum atomic E-state index is -4.31. The average molecular weight is 266 g/mol. The molecule has 2 aromatic carbocycles. The van der Waals surface area contributed by atoms with Crippen molar-refractivity contribution in [1.82, 2.24) is 0 Å². The molecule has 4 heteroatoms. The molecule has 2 rings (SSSR count). The minimum Gasteiger partial charge on any atom is -0.496 e. The Bertz CT molecular complexity index is 571. The number of alkyl halides is 3. The Morgan fingerprint density at radius 1 is 0.947 bits per heavy atom. The van der Waals surface area contributed by atoms with Gasteiger partial charge in [0, 0.05) is 5.56 Å². The third-order valence-corrected chi connectivity index (χ3v) is 2.88. The van der Waals surface area contributed by atoms with Crippen LogP contribution in [0.15, 0.2) is 42.5 Å². The van der Waals surface area contributed by atoms with Crippen LogP contribution in [0.2, 0.25) is 0 Å². The van der Waals surface area contributed by atoms with Crippen LogP contribution in [0.3, 0.4) is 0 Å². The summed E-state index contributed by atoms with van der Waals surface area (Å²) in [6.45, 7) is 1.93. The zero-order chi connectivity index (χ0) is 14.0. The second-order valence-corrected chi connectivity index (χ2v) is 4.28. The Morgan fingerprint density at radius 2 is 1.58 bits per heavy atom. The number of hydrogen-bond donors (Lipinski definition) is 0. The maximum Gasteiger partial charge on any atom is 0.416 e. The number of methoxy groups -OCH3 is 1. The quantitative estimate of drug-likeness (QED) is 0.766. The Morgan fingerprint density at radius 3 is 2.11 bits per heavy atom. The van der Waals surface area contributed by atoms with E-state index < -0.39 is 11.7 Å². The topological polar surface area (TPSA) is 9.23 Å². The first kappa shape index (κ1) is 13.5. The smallest absolute Gasteiger partial charge is 0.416 e. The van der Waals surface area contributed by atoms with Crippen LogP contribution >= 0.6 is 0 Å². The third-order valence-electron chi connectivity index (χ3n) is 2.88. The predicted molar refractivity (Wildman–Crippen MR) is 68.2 cm³/mol. The Labute approximate surface area is 109 Å². The van der Waals surface area contributed by atoms with Crippen molar-refractivity contribution in [3.63, 3.8) is 0 Å². The lowest BCUT2D eigenvalue weighted by atomic mass is 10.0. The van der Waals surface area contributed by atoms with E-state index >= 15 is 0 Å². The van der Waals surface area contributed by atoms with E-state index in [9.17, 15) is 13.2 Å². The van der Waals surface area contributed by atoms with E-state index in [0.717, 1.165) is 23.3 Å². The molecule has 0 radical (unpaired) electrons. The zero-order valence-corrected chi connectivity index (χ0v) is 10.6. The van der Waals surface area contributed by atoms with Crippen molar-refractivity contribution < 1.29 is 17.9 Å².